The van der Waals surface area contributed by atoms with Crippen molar-refractivity contribution in [1.82, 2.24) is 0 Å². The summed E-state index contributed by atoms with van der Waals surface area (Å²) in [4.78, 5) is 0.439. The van der Waals surface area contributed by atoms with Crippen LogP contribution in [0.2, 0.25) is 0 Å². The average Bonchev–Trinajstić information content (AvgIpc) is 2.24. The Morgan fingerprint density at radius 2 is 1.88 bits per heavy atom. The minimum absolute atomic E-state index is 0.424. The van der Waals surface area contributed by atoms with Crippen LogP contribution in [0.25, 0.3) is 0 Å². The van der Waals surface area contributed by atoms with Crippen molar-refractivity contribution in [2.75, 3.05) is 7.11 Å². The molecule has 6 heteroatoms. The van der Waals surface area contributed by atoms with Gasteiger partial charge in [0.05, 0.1) is 7.11 Å². The van der Waals surface area contributed by atoms with Gasteiger partial charge in [-0.1, -0.05) is 12.1 Å². The summed E-state index contributed by atoms with van der Waals surface area (Å²) in [6.45, 7) is 1.35. The quantitative estimate of drug-likeness (QED) is 0.850. The lowest BCUT2D eigenvalue weighted by molar-refractivity contribution is -0.131. The zero-order chi connectivity index (χ0) is 13.1. The van der Waals surface area contributed by atoms with Crippen LogP contribution in [-0.4, -0.2) is 24.6 Å². The van der Waals surface area contributed by atoms with E-state index >= 15 is 0 Å². The highest BCUT2D eigenvalue weighted by Gasteiger charge is 2.43. The van der Waals surface area contributed by atoms with Crippen LogP contribution in [0.3, 0.4) is 0 Å². The van der Waals surface area contributed by atoms with Gasteiger partial charge < -0.3 is 10.5 Å². The summed E-state index contributed by atoms with van der Waals surface area (Å²) in [5, 5.41) is -1.64. The number of ether oxygens (including phenoxy) is 1. The number of methoxy groups -OCH3 is 1. The van der Waals surface area contributed by atoms with Gasteiger partial charge in [-0.2, -0.15) is 13.2 Å². The molecule has 1 rings (SSSR count). The third-order valence-electron chi connectivity index (χ3n) is 2.12. The Balaban J connectivity index is 2.94. The predicted octanol–water partition coefficient (Wildman–Crippen LogP) is 3.07. The molecule has 0 amide bonds. The van der Waals surface area contributed by atoms with E-state index in [1.807, 2.05) is 0 Å². The molecule has 96 valence electrons. The molecule has 0 saturated carbocycles. The van der Waals surface area contributed by atoms with Gasteiger partial charge in [0.15, 0.2) is 0 Å². The van der Waals surface area contributed by atoms with E-state index in [0.717, 1.165) is 0 Å². The van der Waals surface area contributed by atoms with E-state index in [1.54, 1.807) is 24.3 Å². The van der Waals surface area contributed by atoms with E-state index in [2.05, 4.69) is 0 Å². The smallest absolute Gasteiger partial charge is 0.402 e. The van der Waals surface area contributed by atoms with Gasteiger partial charge >= 0.3 is 6.18 Å². The third-order valence-corrected chi connectivity index (χ3v) is 3.66. The topological polar surface area (TPSA) is 35.2 Å². The summed E-state index contributed by atoms with van der Waals surface area (Å²) in [5.74, 6) is 0.424. The van der Waals surface area contributed by atoms with E-state index in [4.69, 9.17) is 10.5 Å². The number of thioether (sulfide) groups is 1. The predicted molar refractivity (Wildman–Crippen MR) is 62.3 cm³/mol. The van der Waals surface area contributed by atoms with Crippen LogP contribution >= 0.6 is 11.8 Å². The molecule has 1 aromatic rings. The number of halogens is 3. The van der Waals surface area contributed by atoms with Crippen molar-refractivity contribution in [2.24, 2.45) is 5.73 Å². The first-order chi connectivity index (χ1) is 7.86. The largest absolute Gasteiger partial charge is 0.496 e. The van der Waals surface area contributed by atoms with Crippen molar-refractivity contribution in [2.45, 2.75) is 29.3 Å². The van der Waals surface area contributed by atoms with Crippen LogP contribution in [-0.2, 0) is 0 Å². The Morgan fingerprint density at radius 3 is 2.35 bits per heavy atom. The maximum Gasteiger partial charge on any atom is 0.402 e. The average molecular weight is 265 g/mol. The Hall–Kier alpha value is -0.880. The molecule has 0 spiro atoms. The molecular weight excluding hydrogens is 251 g/mol. The summed E-state index contributed by atoms with van der Waals surface area (Å²) in [6, 6.07) is 5.60. The molecule has 0 bridgehead atoms. The van der Waals surface area contributed by atoms with Crippen molar-refractivity contribution in [1.29, 1.82) is 0 Å². The van der Waals surface area contributed by atoms with Gasteiger partial charge in [-0.3, -0.25) is 0 Å². The highest BCUT2D eigenvalue weighted by molar-refractivity contribution is 8.00. The van der Waals surface area contributed by atoms with Gasteiger partial charge in [-0.15, -0.1) is 11.8 Å². The van der Waals surface area contributed by atoms with Crippen molar-refractivity contribution >= 4 is 11.8 Å². The van der Waals surface area contributed by atoms with Crippen molar-refractivity contribution in [3.63, 3.8) is 0 Å². The van der Waals surface area contributed by atoms with Gasteiger partial charge in [0.2, 0.25) is 0 Å². The maximum absolute atomic E-state index is 12.8. The first-order valence-electron chi connectivity index (χ1n) is 4.98. The molecule has 0 aliphatic heterocycles. The highest BCUT2D eigenvalue weighted by Crippen LogP contribution is 2.40. The Bertz CT molecular complexity index is 368. The van der Waals surface area contributed by atoms with Gasteiger partial charge in [0, 0.05) is 10.9 Å². The fraction of sp³-hybridized carbons (Fsp3) is 0.455. The molecule has 0 fully saturated rings. The second-order valence-corrected chi connectivity index (χ2v) is 4.77. The van der Waals surface area contributed by atoms with Gasteiger partial charge in [0.25, 0.3) is 0 Å². The van der Waals surface area contributed by atoms with E-state index < -0.39 is 17.5 Å². The molecule has 17 heavy (non-hydrogen) atoms. The molecule has 2 unspecified atom stereocenters. The molecular formula is C11H14F3NOS. The number of nitrogens with two attached hydrogens (primary N) is 1. The minimum Gasteiger partial charge on any atom is -0.496 e. The molecule has 0 radical (unpaired) electrons. The number of hydrogen-bond acceptors (Lipinski definition) is 3. The summed E-state index contributed by atoms with van der Waals surface area (Å²) >= 11 is 0.680. The van der Waals surface area contributed by atoms with Crippen LogP contribution in [0, 0.1) is 0 Å². The standard InChI is InChI=1S/C11H14F3NOS/c1-7(15)10(11(12,13)14)17-9-6-4-3-5-8(9)16-2/h3-7,10H,15H2,1-2H3. The Labute approximate surface area is 102 Å². The van der Waals surface area contributed by atoms with Crippen LogP contribution in [0.5, 0.6) is 5.75 Å². The molecule has 2 atom stereocenters. The first-order valence-corrected chi connectivity index (χ1v) is 5.86. The van der Waals surface area contributed by atoms with Crippen LogP contribution in [0.1, 0.15) is 6.92 Å². The summed E-state index contributed by atoms with van der Waals surface area (Å²) in [5.41, 5.74) is 5.38. The molecule has 1 aromatic carbocycles. The Morgan fingerprint density at radius 1 is 1.29 bits per heavy atom. The van der Waals surface area contributed by atoms with Crippen molar-refractivity contribution in [3.05, 3.63) is 24.3 Å². The minimum atomic E-state index is -4.33. The fourth-order valence-electron chi connectivity index (χ4n) is 1.33. The first kappa shape index (κ1) is 14.2. The lowest BCUT2D eigenvalue weighted by atomic mass is 10.2. The Kier molecular flexibility index (Phi) is 4.70. The molecule has 2 nitrogen and oxygen atoms in total. The monoisotopic (exact) mass is 265 g/mol. The number of benzene rings is 1. The van der Waals surface area contributed by atoms with Gasteiger partial charge in [-0.05, 0) is 19.1 Å². The number of hydrogen-bond donors (Lipinski definition) is 1. The number of para-hydroxylation sites is 1. The van der Waals surface area contributed by atoms with E-state index in [9.17, 15) is 13.2 Å². The summed E-state index contributed by atoms with van der Waals surface area (Å²) < 4.78 is 43.3. The molecule has 0 aliphatic carbocycles. The van der Waals surface area contributed by atoms with Gasteiger partial charge in [-0.25, -0.2) is 0 Å². The normalized spacial score (nSPS) is 15.4. The van der Waals surface area contributed by atoms with Crippen LogP contribution in [0.15, 0.2) is 29.2 Å². The maximum atomic E-state index is 12.8. The lowest BCUT2D eigenvalue weighted by Gasteiger charge is -2.23. The highest BCUT2D eigenvalue weighted by atomic mass is 32.2. The fourth-order valence-corrected chi connectivity index (χ4v) is 2.37. The zero-order valence-electron chi connectivity index (χ0n) is 9.49. The SMILES string of the molecule is COc1ccccc1SC(C(C)N)C(F)(F)F. The zero-order valence-corrected chi connectivity index (χ0v) is 10.3. The van der Waals surface area contributed by atoms with E-state index in [-0.39, 0.29) is 0 Å². The van der Waals surface area contributed by atoms with E-state index in [1.165, 1.54) is 14.0 Å². The molecule has 0 saturated heterocycles. The molecule has 0 heterocycles. The van der Waals surface area contributed by atoms with Gasteiger partial charge in [0.1, 0.15) is 11.0 Å². The van der Waals surface area contributed by atoms with Crippen molar-refractivity contribution in [3.8, 4) is 5.75 Å². The van der Waals surface area contributed by atoms with Crippen LogP contribution < -0.4 is 10.5 Å². The molecule has 0 aliphatic rings. The lowest BCUT2D eigenvalue weighted by Crippen LogP contribution is -2.40. The van der Waals surface area contributed by atoms with Crippen LogP contribution in [0.4, 0.5) is 13.2 Å². The summed E-state index contributed by atoms with van der Waals surface area (Å²) in [7, 11) is 1.42. The van der Waals surface area contributed by atoms with Crippen molar-refractivity contribution < 1.29 is 17.9 Å². The van der Waals surface area contributed by atoms with E-state index in [0.29, 0.717) is 22.4 Å². The number of rotatable bonds is 4. The number of alkyl halides is 3. The summed E-state index contributed by atoms with van der Waals surface area (Å²) in [6.07, 6.45) is -4.33. The molecule has 0 aromatic heterocycles. The second-order valence-electron chi connectivity index (χ2n) is 3.59. The second kappa shape index (κ2) is 5.64. The third kappa shape index (κ3) is 3.81. The molecule has 2 N–H and O–H groups in total.